The van der Waals surface area contributed by atoms with Crippen molar-refractivity contribution in [3.63, 3.8) is 0 Å². The first-order valence-corrected chi connectivity index (χ1v) is 7.60. The summed E-state index contributed by atoms with van der Waals surface area (Å²) in [5.74, 6) is 0.744. The third-order valence-electron chi connectivity index (χ3n) is 3.00. The first-order valence-electron chi connectivity index (χ1n) is 6.32. The van der Waals surface area contributed by atoms with Gasteiger partial charge >= 0.3 is 0 Å². The van der Waals surface area contributed by atoms with Gasteiger partial charge < -0.3 is 14.6 Å². The molecule has 0 bridgehead atoms. The molecule has 0 aliphatic rings. The Labute approximate surface area is 117 Å². The third-order valence-corrected chi connectivity index (χ3v) is 3.39. The second-order valence-electron chi connectivity index (χ2n) is 5.46. The van der Waals surface area contributed by atoms with E-state index in [0.29, 0.717) is 0 Å². The molecular weight excluding hydrogens is 262 g/mol. The quantitative estimate of drug-likeness (QED) is 0.816. The summed E-state index contributed by atoms with van der Waals surface area (Å²) in [5.41, 5.74) is 3.07. The van der Waals surface area contributed by atoms with Gasteiger partial charge in [-0.2, -0.15) is 0 Å². The van der Waals surface area contributed by atoms with Crippen LogP contribution in [0.4, 0.5) is 5.69 Å². The summed E-state index contributed by atoms with van der Waals surface area (Å²) in [5, 5.41) is 2.98. The summed E-state index contributed by atoms with van der Waals surface area (Å²) in [6, 6.07) is 4.13. The molecule has 1 aromatic carbocycles. The molecule has 0 amide bonds. The lowest BCUT2D eigenvalue weighted by atomic mass is 9.85. The monoisotopic (exact) mass is 285 g/mol. The average molecular weight is 285 g/mol. The number of rotatable bonds is 5. The maximum Gasteiger partial charge on any atom is 0.172 e. The van der Waals surface area contributed by atoms with E-state index >= 15 is 0 Å². The van der Waals surface area contributed by atoms with Crippen LogP contribution < -0.4 is 10.1 Å². The fourth-order valence-electron chi connectivity index (χ4n) is 1.90. The Kier molecular flexibility index (Phi) is 5.38. The number of methoxy groups -OCH3 is 1. The highest BCUT2D eigenvalue weighted by molar-refractivity contribution is 7.79. The van der Waals surface area contributed by atoms with Crippen molar-refractivity contribution in [3.05, 3.63) is 23.3 Å². The largest absolute Gasteiger partial charge is 0.494 e. The van der Waals surface area contributed by atoms with E-state index < -0.39 is 11.1 Å². The van der Waals surface area contributed by atoms with Gasteiger partial charge in [0, 0.05) is 0 Å². The molecule has 0 aliphatic heterocycles. The van der Waals surface area contributed by atoms with Gasteiger partial charge in [0.25, 0.3) is 0 Å². The van der Waals surface area contributed by atoms with Crippen LogP contribution in [0, 0.1) is 0 Å². The molecule has 5 heteroatoms. The van der Waals surface area contributed by atoms with Crippen molar-refractivity contribution >= 4 is 16.8 Å². The number of ether oxygens (including phenoxy) is 1. The fourth-order valence-corrected chi connectivity index (χ4v) is 2.18. The number of nitrogens with one attached hydrogen (secondary N) is 1. The molecule has 0 aromatic heterocycles. The van der Waals surface area contributed by atoms with Gasteiger partial charge in [0.15, 0.2) is 11.1 Å². The van der Waals surface area contributed by atoms with Crippen LogP contribution in [0.5, 0.6) is 5.75 Å². The van der Waals surface area contributed by atoms with Crippen molar-refractivity contribution in [2.45, 2.75) is 39.5 Å². The third kappa shape index (κ3) is 4.21. The highest BCUT2D eigenvalue weighted by Crippen LogP contribution is 2.35. The van der Waals surface area contributed by atoms with Gasteiger partial charge in [-0.05, 0) is 29.0 Å². The van der Waals surface area contributed by atoms with Crippen LogP contribution in [0.3, 0.4) is 0 Å². The molecule has 108 valence electrons. The summed E-state index contributed by atoms with van der Waals surface area (Å²) in [6.07, 6.45) is 0.851. The zero-order valence-corrected chi connectivity index (χ0v) is 13.1. The van der Waals surface area contributed by atoms with Gasteiger partial charge in [0.1, 0.15) is 11.6 Å². The van der Waals surface area contributed by atoms with Crippen molar-refractivity contribution in [1.29, 1.82) is 0 Å². The van der Waals surface area contributed by atoms with Gasteiger partial charge in [-0.3, -0.25) is 0 Å². The van der Waals surface area contributed by atoms with Crippen molar-refractivity contribution in [2.75, 3.05) is 18.3 Å². The van der Waals surface area contributed by atoms with E-state index in [9.17, 15) is 4.21 Å². The maximum absolute atomic E-state index is 10.8. The SMILES string of the molecule is CCc1cc(C(C)(C)C)cc(NCS(=O)O)c1OC. The van der Waals surface area contributed by atoms with E-state index in [4.69, 9.17) is 9.29 Å². The van der Waals surface area contributed by atoms with Gasteiger partial charge in [-0.15, -0.1) is 0 Å². The van der Waals surface area contributed by atoms with Crippen molar-refractivity contribution in [3.8, 4) is 5.75 Å². The Hall–Kier alpha value is -1.07. The average Bonchev–Trinajstić information content (AvgIpc) is 2.33. The Morgan fingerprint density at radius 1 is 1.37 bits per heavy atom. The Bertz CT molecular complexity index is 466. The predicted molar refractivity (Wildman–Crippen MR) is 80.3 cm³/mol. The summed E-state index contributed by atoms with van der Waals surface area (Å²) >= 11 is -1.88. The minimum absolute atomic E-state index is 0.00683. The molecule has 1 aromatic rings. The van der Waals surface area contributed by atoms with Gasteiger partial charge in [0.2, 0.25) is 0 Å². The van der Waals surface area contributed by atoms with Crippen molar-refractivity contribution in [2.24, 2.45) is 0 Å². The maximum atomic E-state index is 10.8. The Morgan fingerprint density at radius 3 is 2.42 bits per heavy atom. The molecule has 4 nitrogen and oxygen atoms in total. The van der Waals surface area contributed by atoms with E-state index in [2.05, 4.69) is 39.1 Å². The zero-order chi connectivity index (χ0) is 14.6. The second-order valence-corrected chi connectivity index (χ2v) is 6.39. The molecule has 1 rings (SSSR count). The standard InChI is InChI=1S/C14H23NO3S/c1-6-10-7-11(14(2,3)4)8-12(13(10)18-5)15-9-19(16)17/h7-8,15H,6,9H2,1-5H3,(H,16,17). The lowest BCUT2D eigenvalue weighted by Gasteiger charge is -2.23. The van der Waals surface area contributed by atoms with E-state index in [-0.39, 0.29) is 11.3 Å². The van der Waals surface area contributed by atoms with Crippen LogP contribution in [-0.2, 0) is 22.9 Å². The van der Waals surface area contributed by atoms with Crippen LogP contribution in [0.25, 0.3) is 0 Å². The smallest absolute Gasteiger partial charge is 0.172 e. The molecule has 0 saturated carbocycles. The topological polar surface area (TPSA) is 58.6 Å². The van der Waals surface area contributed by atoms with Crippen molar-refractivity contribution < 1.29 is 13.5 Å². The van der Waals surface area contributed by atoms with E-state index in [1.165, 1.54) is 5.56 Å². The van der Waals surface area contributed by atoms with Gasteiger partial charge in [0.05, 0.1) is 12.8 Å². The zero-order valence-electron chi connectivity index (χ0n) is 12.2. The minimum atomic E-state index is -1.88. The van der Waals surface area contributed by atoms with E-state index in [1.54, 1.807) is 7.11 Å². The molecule has 0 aliphatic carbocycles. The molecule has 0 fully saturated rings. The highest BCUT2D eigenvalue weighted by atomic mass is 32.2. The van der Waals surface area contributed by atoms with E-state index in [1.807, 2.05) is 6.07 Å². The second kappa shape index (κ2) is 6.39. The first-order chi connectivity index (χ1) is 8.79. The summed E-state index contributed by atoms with van der Waals surface area (Å²) in [4.78, 5) is 0. The van der Waals surface area contributed by atoms with Crippen LogP contribution in [0.2, 0.25) is 0 Å². The molecule has 1 atom stereocenters. The van der Waals surface area contributed by atoms with Crippen LogP contribution in [0.15, 0.2) is 12.1 Å². The van der Waals surface area contributed by atoms with Gasteiger partial charge in [-0.25, -0.2) is 4.21 Å². The normalized spacial score (nSPS) is 13.2. The lowest BCUT2D eigenvalue weighted by molar-refractivity contribution is 0.411. The fraction of sp³-hybridized carbons (Fsp3) is 0.571. The Balaban J connectivity index is 3.27. The molecule has 19 heavy (non-hydrogen) atoms. The molecule has 0 heterocycles. The molecule has 0 spiro atoms. The summed E-state index contributed by atoms with van der Waals surface area (Å²) in [7, 11) is 1.62. The molecule has 0 saturated heterocycles. The van der Waals surface area contributed by atoms with Crippen LogP contribution in [-0.4, -0.2) is 21.7 Å². The number of anilines is 1. The first kappa shape index (κ1) is 16.0. The summed E-state index contributed by atoms with van der Waals surface area (Å²) < 4.78 is 25.1. The number of benzene rings is 1. The van der Waals surface area contributed by atoms with Crippen molar-refractivity contribution in [1.82, 2.24) is 0 Å². The minimum Gasteiger partial charge on any atom is -0.494 e. The molecular formula is C14H23NO3S. The highest BCUT2D eigenvalue weighted by Gasteiger charge is 2.19. The lowest BCUT2D eigenvalue weighted by Crippen LogP contribution is -2.14. The Morgan fingerprint density at radius 2 is 2.00 bits per heavy atom. The number of hydrogen-bond donors (Lipinski definition) is 2. The van der Waals surface area contributed by atoms with Gasteiger partial charge in [-0.1, -0.05) is 33.8 Å². The number of aryl methyl sites for hydroxylation is 1. The van der Waals surface area contributed by atoms with E-state index in [0.717, 1.165) is 23.4 Å². The molecule has 2 N–H and O–H groups in total. The summed E-state index contributed by atoms with van der Waals surface area (Å²) in [6.45, 7) is 8.49. The molecule has 1 unspecified atom stereocenters. The predicted octanol–water partition coefficient (Wildman–Crippen LogP) is 3.15. The molecule has 0 radical (unpaired) electrons. The van der Waals surface area contributed by atoms with Crippen LogP contribution >= 0.6 is 0 Å². The number of hydrogen-bond acceptors (Lipinski definition) is 3. The van der Waals surface area contributed by atoms with Crippen LogP contribution in [0.1, 0.15) is 38.8 Å².